The van der Waals surface area contributed by atoms with Crippen LogP contribution in [0.2, 0.25) is 10.0 Å². The molecule has 1 N–H and O–H groups in total. The molecule has 0 aliphatic carbocycles. The standard InChI is InChI=1S/C21H28Cl2NO3P/c1-3-5-14-26-28(25,27-15-6-4-2)21(24-18-10-8-7-9-11-18)19-13-12-17(22)16-20(19)23/h7-13,16,21,24H,3-6,14-15H2,1-2H3/t21-/m0/s1. The van der Waals surface area contributed by atoms with Crippen molar-refractivity contribution < 1.29 is 13.6 Å². The number of benzene rings is 2. The summed E-state index contributed by atoms with van der Waals surface area (Å²) in [5, 5.41) is 4.24. The average molecular weight is 444 g/mol. The Balaban J connectivity index is 2.42. The van der Waals surface area contributed by atoms with Gasteiger partial charge >= 0.3 is 7.60 Å². The van der Waals surface area contributed by atoms with Crippen molar-refractivity contribution in [2.45, 2.75) is 45.3 Å². The molecule has 4 nitrogen and oxygen atoms in total. The van der Waals surface area contributed by atoms with Gasteiger partial charge in [0.15, 0.2) is 5.78 Å². The molecule has 0 radical (unpaired) electrons. The highest BCUT2D eigenvalue weighted by Crippen LogP contribution is 2.62. The molecular weight excluding hydrogens is 416 g/mol. The van der Waals surface area contributed by atoms with Crippen molar-refractivity contribution in [1.82, 2.24) is 0 Å². The van der Waals surface area contributed by atoms with Crippen LogP contribution in [0.3, 0.4) is 0 Å². The number of unbranched alkanes of at least 4 members (excludes halogenated alkanes) is 2. The number of para-hydroxylation sites is 1. The summed E-state index contributed by atoms with van der Waals surface area (Å²) in [6.07, 6.45) is 3.47. The molecule has 0 saturated heterocycles. The summed E-state index contributed by atoms with van der Waals surface area (Å²) in [5.41, 5.74) is 1.43. The van der Waals surface area contributed by atoms with Gasteiger partial charge in [0, 0.05) is 21.3 Å². The first-order chi connectivity index (χ1) is 13.5. The van der Waals surface area contributed by atoms with Crippen molar-refractivity contribution >= 4 is 36.5 Å². The van der Waals surface area contributed by atoms with Gasteiger partial charge in [0.25, 0.3) is 0 Å². The molecule has 0 aliphatic rings. The fourth-order valence-electron chi connectivity index (χ4n) is 2.60. The Morgan fingerprint density at radius 3 is 2.11 bits per heavy atom. The third-order valence-corrected chi connectivity index (χ3v) is 6.88. The van der Waals surface area contributed by atoms with Crippen molar-refractivity contribution in [3.05, 3.63) is 64.1 Å². The van der Waals surface area contributed by atoms with Crippen LogP contribution < -0.4 is 5.32 Å². The second-order valence-corrected chi connectivity index (χ2v) is 9.45. The van der Waals surface area contributed by atoms with E-state index in [1.54, 1.807) is 18.2 Å². The molecule has 0 saturated carbocycles. The van der Waals surface area contributed by atoms with Crippen LogP contribution in [-0.4, -0.2) is 13.2 Å². The monoisotopic (exact) mass is 443 g/mol. The van der Waals surface area contributed by atoms with E-state index in [2.05, 4.69) is 19.2 Å². The number of anilines is 1. The van der Waals surface area contributed by atoms with E-state index in [1.165, 1.54) is 0 Å². The lowest BCUT2D eigenvalue weighted by molar-refractivity contribution is 0.194. The third-order valence-electron chi connectivity index (χ3n) is 4.19. The Bertz CT molecular complexity index is 760. The lowest BCUT2D eigenvalue weighted by Gasteiger charge is -2.29. The summed E-state index contributed by atoms with van der Waals surface area (Å²) in [4.78, 5) is 0. The molecule has 0 fully saturated rings. The highest BCUT2D eigenvalue weighted by atomic mass is 35.5. The first-order valence-corrected chi connectivity index (χ1v) is 12.0. The Labute approximate surface area is 178 Å². The maximum Gasteiger partial charge on any atom is 0.357 e. The summed E-state index contributed by atoms with van der Waals surface area (Å²) in [6, 6.07) is 14.7. The largest absolute Gasteiger partial charge is 0.368 e. The third kappa shape index (κ3) is 6.79. The molecule has 0 spiro atoms. The van der Waals surface area contributed by atoms with Gasteiger partial charge in [-0.25, -0.2) is 0 Å². The van der Waals surface area contributed by atoms with Gasteiger partial charge in [0.1, 0.15) is 0 Å². The number of nitrogens with one attached hydrogen (secondary N) is 1. The summed E-state index contributed by atoms with van der Waals surface area (Å²) < 4.78 is 25.6. The second-order valence-electron chi connectivity index (χ2n) is 6.49. The summed E-state index contributed by atoms with van der Waals surface area (Å²) in [7, 11) is -3.56. The van der Waals surface area contributed by atoms with Gasteiger partial charge < -0.3 is 14.4 Å². The molecule has 0 amide bonds. The molecule has 2 rings (SSSR count). The minimum Gasteiger partial charge on any atom is -0.368 e. The van der Waals surface area contributed by atoms with E-state index < -0.39 is 13.4 Å². The first-order valence-electron chi connectivity index (χ1n) is 9.65. The predicted octanol–water partition coefficient (Wildman–Crippen LogP) is 7.93. The lowest BCUT2D eigenvalue weighted by Crippen LogP contribution is -2.16. The topological polar surface area (TPSA) is 47.6 Å². The summed E-state index contributed by atoms with van der Waals surface area (Å²) in [6.45, 7) is 4.83. The van der Waals surface area contributed by atoms with Crippen molar-refractivity contribution in [3.63, 3.8) is 0 Å². The van der Waals surface area contributed by atoms with Gasteiger partial charge in [-0.2, -0.15) is 0 Å². The smallest absolute Gasteiger partial charge is 0.357 e. The zero-order valence-electron chi connectivity index (χ0n) is 16.4. The van der Waals surface area contributed by atoms with Crippen LogP contribution >= 0.6 is 30.8 Å². The van der Waals surface area contributed by atoms with Gasteiger partial charge in [-0.3, -0.25) is 4.57 Å². The van der Waals surface area contributed by atoms with E-state index in [0.717, 1.165) is 31.4 Å². The van der Waals surface area contributed by atoms with E-state index in [0.29, 0.717) is 28.8 Å². The maximum absolute atomic E-state index is 13.9. The number of hydrogen-bond donors (Lipinski definition) is 1. The van der Waals surface area contributed by atoms with Gasteiger partial charge in [-0.05, 0) is 37.1 Å². The molecule has 0 aliphatic heterocycles. The maximum atomic E-state index is 13.9. The van der Waals surface area contributed by atoms with Crippen LogP contribution in [0, 0.1) is 0 Å². The Kier molecular flexibility index (Phi) is 9.84. The van der Waals surface area contributed by atoms with E-state index in [4.69, 9.17) is 32.2 Å². The van der Waals surface area contributed by atoms with Gasteiger partial charge in [0.05, 0.1) is 13.2 Å². The second kappa shape index (κ2) is 11.8. The zero-order valence-corrected chi connectivity index (χ0v) is 18.8. The highest BCUT2D eigenvalue weighted by molar-refractivity contribution is 7.54. The SMILES string of the molecule is CCCCOP(=O)(OCCCC)[C@H](Nc1ccccc1)c1ccc(Cl)cc1Cl. The number of halogens is 2. The van der Waals surface area contributed by atoms with Crippen molar-refractivity contribution in [2.24, 2.45) is 0 Å². The molecule has 0 unspecified atom stereocenters. The molecular formula is C21H28Cl2NO3P. The van der Waals surface area contributed by atoms with Gasteiger partial charge in [-0.1, -0.05) is 74.2 Å². The van der Waals surface area contributed by atoms with E-state index >= 15 is 0 Å². The highest BCUT2D eigenvalue weighted by Gasteiger charge is 2.38. The summed E-state index contributed by atoms with van der Waals surface area (Å²) >= 11 is 12.5. The molecule has 1 atom stereocenters. The quantitative estimate of drug-likeness (QED) is 0.267. The molecule has 0 bridgehead atoms. The normalized spacial score (nSPS) is 12.7. The lowest BCUT2D eigenvalue weighted by atomic mass is 10.2. The minimum atomic E-state index is -3.56. The van der Waals surface area contributed by atoms with Crippen LogP contribution in [0.4, 0.5) is 5.69 Å². The molecule has 0 aromatic heterocycles. The van der Waals surface area contributed by atoms with Crippen LogP contribution in [0.25, 0.3) is 0 Å². The molecule has 154 valence electrons. The van der Waals surface area contributed by atoms with Crippen LogP contribution in [0.1, 0.15) is 50.9 Å². The fraction of sp³-hybridized carbons (Fsp3) is 0.429. The van der Waals surface area contributed by atoms with Gasteiger partial charge in [-0.15, -0.1) is 0 Å². The molecule has 7 heteroatoms. The van der Waals surface area contributed by atoms with E-state index in [1.807, 2.05) is 30.3 Å². The van der Waals surface area contributed by atoms with Crippen molar-refractivity contribution in [3.8, 4) is 0 Å². The van der Waals surface area contributed by atoms with E-state index in [-0.39, 0.29) is 0 Å². The first kappa shape index (κ1) is 23.3. The van der Waals surface area contributed by atoms with Crippen molar-refractivity contribution in [1.29, 1.82) is 0 Å². The molecule has 28 heavy (non-hydrogen) atoms. The zero-order chi connectivity index (χ0) is 20.4. The summed E-state index contributed by atoms with van der Waals surface area (Å²) in [5.74, 6) is -0.742. The average Bonchev–Trinajstić information content (AvgIpc) is 2.68. The van der Waals surface area contributed by atoms with Crippen LogP contribution in [0.5, 0.6) is 0 Å². The Morgan fingerprint density at radius 1 is 0.964 bits per heavy atom. The van der Waals surface area contributed by atoms with Crippen molar-refractivity contribution in [2.75, 3.05) is 18.5 Å². The molecule has 2 aromatic rings. The Hall–Kier alpha value is -1.03. The fourth-order valence-corrected chi connectivity index (χ4v) is 5.21. The minimum absolute atomic E-state index is 0.359. The number of hydrogen-bond acceptors (Lipinski definition) is 4. The molecule has 0 heterocycles. The van der Waals surface area contributed by atoms with Gasteiger partial charge in [0.2, 0.25) is 0 Å². The number of rotatable bonds is 12. The Morgan fingerprint density at radius 2 is 1.57 bits per heavy atom. The van der Waals surface area contributed by atoms with Crippen LogP contribution in [0.15, 0.2) is 48.5 Å². The molecule has 2 aromatic carbocycles. The predicted molar refractivity (Wildman–Crippen MR) is 119 cm³/mol. The van der Waals surface area contributed by atoms with Crippen LogP contribution in [-0.2, 0) is 13.6 Å². The van der Waals surface area contributed by atoms with E-state index in [9.17, 15) is 4.57 Å².